The van der Waals surface area contributed by atoms with Crippen LogP contribution in [0.15, 0.2) is 24.3 Å². The van der Waals surface area contributed by atoms with Gasteiger partial charge in [0, 0.05) is 17.2 Å². The molecule has 1 aromatic carbocycles. The molecule has 2 amide bonds. The molecule has 2 rings (SSSR count). The second-order valence-corrected chi connectivity index (χ2v) is 4.98. The molecule has 2 atom stereocenters. The van der Waals surface area contributed by atoms with Crippen LogP contribution in [0.5, 0.6) is 0 Å². The number of carboxylic acids is 1. The summed E-state index contributed by atoms with van der Waals surface area (Å²) in [6.07, 6.45) is 1.45. The van der Waals surface area contributed by atoms with E-state index in [9.17, 15) is 14.4 Å². The maximum atomic E-state index is 12.0. The minimum atomic E-state index is -0.851. The van der Waals surface area contributed by atoms with E-state index in [0.29, 0.717) is 30.5 Å². The van der Waals surface area contributed by atoms with Gasteiger partial charge in [-0.1, -0.05) is 6.07 Å². The number of carbonyl (C=O) groups excluding carboxylic acids is 2. The minimum Gasteiger partial charge on any atom is -0.481 e. The molecule has 20 heavy (non-hydrogen) atoms. The molecule has 1 aliphatic rings. The summed E-state index contributed by atoms with van der Waals surface area (Å²) in [7, 11) is 0. The van der Waals surface area contributed by atoms with Crippen LogP contribution < -0.4 is 11.1 Å². The van der Waals surface area contributed by atoms with Gasteiger partial charge < -0.3 is 16.2 Å². The number of amides is 2. The Balaban J connectivity index is 2.00. The normalized spacial score (nSPS) is 21.4. The van der Waals surface area contributed by atoms with Gasteiger partial charge in [-0.2, -0.15) is 0 Å². The zero-order valence-electron chi connectivity index (χ0n) is 10.8. The summed E-state index contributed by atoms with van der Waals surface area (Å²) in [5.41, 5.74) is 5.98. The third kappa shape index (κ3) is 3.14. The number of nitrogens with two attached hydrogens (primary N) is 1. The average molecular weight is 276 g/mol. The minimum absolute atomic E-state index is 0.213. The van der Waals surface area contributed by atoms with Gasteiger partial charge in [-0.05, 0) is 37.5 Å². The molecule has 0 heterocycles. The van der Waals surface area contributed by atoms with Crippen molar-refractivity contribution in [2.24, 2.45) is 17.6 Å². The molecule has 0 saturated heterocycles. The lowest BCUT2D eigenvalue weighted by atomic mass is 10.0. The van der Waals surface area contributed by atoms with Crippen molar-refractivity contribution in [2.45, 2.75) is 19.3 Å². The van der Waals surface area contributed by atoms with Crippen molar-refractivity contribution in [3.8, 4) is 0 Å². The third-order valence-electron chi connectivity index (χ3n) is 3.57. The van der Waals surface area contributed by atoms with Crippen LogP contribution in [0.4, 0.5) is 5.69 Å². The van der Waals surface area contributed by atoms with E-state index in [1.54, 1.807) is 18.2 Å². The molecule has 0 aromatic heterocycles. The maximum absolute atomic E-state index is 12.0. The van der Waals surface area contributed by atoms with E-state index in [2.05, 4.69) is 5.32 Å². The Morgan fingerprint density at radius 1 is 1.20 bits per heavy atom. The first-order valence-electron chi connectivity index (χ1n) is 6.41. The Bertz CT molecular complexity index is 556. The third-order valence-corrected chi connectivity index (χ3v) is 3.57. The second-order valence-electron chi connectivity index (χ2n) is 4.98. The second kappa shape index (κ2) is 5.73. The topological polar surface area (TPSA) is 109 Å². The molecule has 0 spiro atoms. The van der Waals surface area contributed by atoms with Crippen molar-refractivity contribution < 1.29 is 19.5 Å². The van der Waals surface area contributed by atoms with E-state index < -0.39 is 17.8 Å². The van der Waals surface area contributed by atoms with E-state index in [0.717, 1.165) is 0 Å². The number of hydrogen-bond acceptors (Lipinski definition) is 3. The monoisotopic (exact) mass is 276 g/mol. The highest BCUT2D eigenvalue weighted by atomic mass is 16.4. The van der Waals surface area contributed by atoms with E-state index in [1.165, 1.54) is 6.07 Å². The number of carbonyl (C=O) groups is 3. The van der Waals surface area contributed by atoms with Gasteiger partial charge in [0.1, 0.15) is 0 Å². The maximum Gasteiger partial charge on any atom is 0.306 e. The number of carboxylic acid groups (broad SMARTS) is 1. The molecule has 6 nitrogen and oxygen atoms in total. The van der Waals surface area contributed by atoms with E-state index >= 15 is 0 Å². The molecule has 0 unspecified atom stereocenters. The summed E-state index contributed by atoms with van der Waals surface area (Å²) in [6.45, 7) is 0. The van der Waals surface area contributed by atoms with Gasteiger partial charge in [-0.25, -0.2) is 0 Å². The highest BCUT2D eigenvalue weighted by Crippen LogP contribution is 2.31. The molecule has 0 radical (unpaired) electrons. The largest absolute Gasteiger partial charge is 0.481 e. The predicted octanol–water partition coefficient (Wildman–Crippen LogP) is 1.22. The Kier molecular flexibility index (Phi) is 4.02. The van der Waals surface area contributed by atoms with Crippen molar-refractivity contribution in [1.82, 2.24) is 0 Å². The first-order valence-corrected chi connectivity index (χ1v) is 6.41. The zero-order chi connectivity index (χ0) is 14.7. The van der Waals surface area contributed by atoms with Gasteiger partial charge in [-0.3, -0.25) is 14.4 Å². The number of primary amides is 1. The van der Waals surface area contributed by atoms with Crippen molar-refractivity contribution >= 4 is 23.5 Å². The molecule has 1 fully saturated rings. The van der Waals surface area contributed by atoms with E-state index in [4.69, 9.17) is 10.8 Å². The Morgan fingerprint density at radius 3 is 2.50 bits per heavy atom. The van der Waals surface area contributed by atoms with Crippen molar-refractivity contribution in [2.75, 3.05) is 5.32 Å². The van der Waals surface area contributed by atoms with Crippen LogP contribution in [-0.2, 0) is 9.59 Å². The number of aliphatic carboxylic acids is 1. The van der Waals surface area contributed by atoms with Crippen LogP contribution in [0.2, 0.25) is 0 Å². The first kappa shape index (κ1) is 14.0. The molecular weight excluding hydrogens is 260 g/mol. The van der Waals surface area contributed by atoms with Gasteiger partial charge in [0.2, 0.25) is 11.8 Å². The highest BCUT2D eigenvalue weighted by Gasteiger charge is 2.33. The summed E-state index contributed by atoms with van der Waals surface area (Å²) in [5.74, 6) is -2.37. The molecule has 0 aliphatic heterocycles. The van der Waals surface area contributed by atoms with Crippen LogP contribution >= 0.6 is 0 Å². The van der Waals surface area contributed by atoms with Gasteiger partial charge in [0.05, 0.1) is 5.92 Å². The zero-order valence-corrected chi connectivity index (χ0v) is 10.8. The SMILES string of the molecule is NC(=O)c1cccc(NC(=O)[C@@H]2CC[C@H](C(=O)O)C2)c1. The lowest BCUT2D eigenvalue weighted by Gasteiger charge is -2.11. The molecule has 1 aromatic rings. The Morgan fingerprint density at radius 2 is 1.90 bits per heavy atom. The highest BCUT2D eigenvalue weighted by molar-refractivity contribution is 5.97. The summed E-state index contributed by atoms with van der Waals surface area (Å²) in [5, 5.41) is 11.6. The average Bonchev–Trinajstić information content (AvgIpc) is 2.88. The molecule has 106 valence electrons. The van der Waals surface area contributed by atoms with Crippen molar-refractivity contribution in [3.05, 3.63) is 29.8 Å². The fourth-order valence-electron chi connectivity index (χ4n) is 2.44. The quantitative estimate of drug-likeness (QED) is 0.768. The van der Waals surface area contributed by atoms with Crippen LogP contribution in [0.3, 0.4) is 0 Å². The van der Waals surface area contributed by atoms with Gasteiger partial charge in [0.25, 0.3) is 0 Å². The predicted molar refractivity (Wildman–Crippen MR) is 72.1 cm³/mol. The molecule has 4 N–H and O–H groups in total. The van der Waals surface area contributed by atoms with Gasteiger partial charge >= 0.3 is 5.97 Å². The van der Waals surface area contributed by atoms with Crippen LogP contribution in [0, 0.1) is 11.8 Å². The van der Waals surface area contributed by atoms with Crippen LogP contribution in [0.1, 0.15) is 29.6 Å². The van der Waals surface area contributed by atoms with Gasteiger partial charge in [0.15, 0.2) is 0 Å². The summed E-state index contributed by atoms with van der Waals surface area (Å²) < 4.78 is 0. The summed E-state index contributed by atoms with van der Waals surface area (Å²) in [4.78, 5) is 34.0. The molecular formula is C14H16N2O4. The Hall–Kier alpha value is -2.37. The van der Waals surface area contributed by atoms with Crippen LogP contribution in [-0.4, -0.2) is 22.9 Å². The summed E-state index contributed by atoms with van der Waals surface area (Å²) >= 11 is 0. The fraction of sp³-hybridized carbons (Fsp3) is 0.357. The Labute approximate surface area is 116 Å². The van der Waals surface area contributed by atoms with Crippen molar-refractivity contribution in [3.63, 3.8) is 0 Å². The smallest absolute Gasteiger partial charge is 0.306 e. The lowest BCUT2D eigenvalue weighted by molar-refractivity contribution is -0.141. The first-order chi connectivity index (χ1) is 9.47. The van der Waals surface area contributed by atoms with Gasteiger partial charge in [-0.15, -0.1) is 0 Å². The molecule has 0 bridgehead atoms. The molecule has 1 aliphatic carbocycles. The molecule has 6 heteroatoms. The lowest BCUT2D eigenvalue weighted by Crippen LogP contribution is -2.22. The number of nitrogens with one attached hydrogen (secondary N) is 1. The number of benzene rings is 1. The standard InChI is InChI=1S/C14H16N2O4/c15-12(17)8-2-1-3-11(7-8)16-13(18)9-4-5-10(6-9)14(19)20/h1-3,7,9-10H,4-6H2,(H2,15,17)(H,16,18)(H,19,20)/t9-,10+/m1/s1. The number of anilines is 1. The number of hydrogen-bond donors (Lipinski definition) is 3. The fourth-order valence-corrected chi connectivity index (χ4v) is 2.44. The van der Waals surface area contributed by atoms with Crippen molar-refractivity contribution in [1.29, 1.82) is 0 Å². The van der Waals surface area contributed by atoms with Crippen LogP contribution in [0.25, 0.3) is 0 Å². The molecule has 1 saturated carbocycles. The summed E-state index contributed by atoms with van der Waals surface area (Å²) in [6, 6.07) is 6.36. The van der Waals surface area contributed by atoms with E-state index in [-0.39, 0.29) is 11.8 Å². The van der Waals surface area contributed by atoms with E-state index in [1.807, 2.05) is 0 Å². The number of rotatable bonds is 4.